The molecule has 0 spiro atoms. The second-order valence-corrected chi connectivity index (χ2v) is 7.89. The molecular weight excluding hydrogens is 348 g/mol. The molecule has 1 aliphatic heterocycles. The standard InChI is InChI=1S/C19H32N4O4/c1-8-26-11-9-10-15(24)23-13(2)12-22(18(25)27-19(4,5)6)16-14(3)20-21(7)17(16)23/h13H,8-12H2,1-7H3/t13-/m0/s1. The first-order valence-corrected chi connectivity index (χ1v) is 9.50. The highest BCUT2D eigenvalue weighted by Crippen LogP contribution is 2.39. The molecule has 0 aromatic carbocycles. The first-order valence-electron chi connectivity index (χ1n) is 9.50. The van der Waals surface area contributed by atoms with Crippen LogP contribution >= 0.6 is 0 Å². The van der Waals surface area contributed by atoms with Gasteiger partial charge < -0.3 is 9.47 Å². The van der Waals surface area contributed by atoms with Gasteiger partial charge in [0.2, 0.25) is 5.91 Å². The number of hydrogen-bond acceptors (Lipinski definition) is 5. The lowest BCUT2D eigenvalue weighted by molar-refractivity contribution is -0.119. The number of anilines is 2. The van der Waals surface area contributed by atoms with E-state index in [-0.39, 0.29) is 11.9 Å². The van der Waals surface area contributed by atoms with Gasteiger partial charge in [0.15, 0.2) is 5.82 Å². The zero-order chi connectivity index (χ0) is 20.4. The molecule has 2 heterocycles. The van der Waals surface area contributed by atoms with Gasteiger partial charge in [0.05, 0.1) is 18.3 Å². The molecule has 27 heavy (non-hydrogen) atoms. The molecule has 0 aliphatic carbocycles. The van der Waals surface area contributed by atoms with Crippen LogP contribution in [0.25, 0.3) is 0 Å². The number of amides is 2. The van der Waals surface area contributed by atoms with E-state index in [1.165, 1.54) is 0 Å². The molecule has 0 N–H and O–H groups in total. The summed E-state index contributed by atoms with van der Waals surface area (Å²) >= 11 is 0. The molecule has 0 radical (unpaired) electrons. The molecule has 1 aromatic rings. The zero-order valence-corrected chi connectivity index (χ0v) is 17.5. The van der Waals surface area contributed by atoms with Gasteiger partial charge in [0, 0.05) is 26.7 Å². The van der Waals surface area contributed by atoms with Crippen molar-refractivity contribution in [2.45, 2.75) is 66.0 Å². The van der Waals surface area contributed by atoms with Crippen molar-refractivity contribution in [2.75, 3.05) is 29.6 Å². The molecule has 0 saturated heterocycles. The van der Waals surface area contributed by atoms with Crippen molar-refractivity contribution in [3.63, 3.8) is 0 Å². The van der Waals surface area contributed by atoms with Crippen LogP contribution < -0.4 is 9.80 Å². The molecule has 8 heteroatoms. The van der Waals surface area contributed by atoms with Crippen molar-refractivity contribution < 1.29 is 19.1 Å². The fraction of sp³-hybridized carbons (Fsp3) is 0.737. The van der Waals surface area contributed by atoms with Crippen LogP contribution in [0.4, 0.5) is 16.3 Å². The quantitative estimate of drug-likeness (QED) is 0.734. The van der Waals surface area contributed by atoms with Gasteiger partial charge in [-0.05, 0) is 48.0 Å². The predicted octanol–water partition coefficient (Wildman–Crippen LogP) is 3.02. The van der Waals surface area contributed by atoms with Crippen molar-refractivity contribution in [2.24, 2.45) is 7.05 Å². The third-order valence-corrected chi connectivity index (χ3v) is 4.31. The van der Waals surface area contributed by atoms with E-state index in [0.29, 0.717) is 49.8 Å². The highest BCUT2D eigenvalue weighted by Gasteiger charge is 2.40. The summed E-state index contributed by atoms with van der Waals surface area (Å²) < 4.78 is 12.6. The zero-order valence-electron chi connectivity index (χ0n) is 17.5. The smallest absolute Gasteiger partial charge is 0.415 e. The summed E-state index contributed by atoms with van der Waals surface area (Å²) in [5.74, 6) is 0.647. The molecule has 0 bridgehead atoms. The molecule has 0 saturated carbocycles. The number of carbonyl (C=O) groups is 2. The molecule has 1 aliphatic rings. The third-order valence-electron chi connectivity index (χ3n) is 4.31. The SMILES string of the molecule is CCOCCCC(=O)N1c2c(c(C)nn2C)N(C(=O)OC(C)(C)C)C[C@@H]1C. The number of rotatable bonds is 5. The molecule has 0 unspecified atom stereocenters. The highest BCUT2D eigenvalue weighted by atomic mass is 16.6. The monoisotopic (exact) mass is 380 g/mol. The van der Waals surface area contributed by atoms with Gasteiger partial charge in [-0.1, -0.05) is 0 Å². The minimum absolute atomic E-state index is 0.00953. The van der Waals surface area contributed by atoms with Gasteiger partial charge >= 0.3 is 6.09 Å². The Hall–Kier alpha value is -2.09. The van der Waals surface area contributed by atoms with E-state index in [1.807, 2.05) is 41.5 Å². The number of aromatic nitrogens is 2. The van der Waals surface area contributed by atoms with Gasteiger partial charge in [0.25, 0.3) is 0 Å². The van der Waals surface area contributed by atoms with E-state index in [0.717, 1.165) is 0 Å². The summed E-state index contributed by atoms with van der Waals surface area (Å²) in [6.07, 6.45) is 0.633. The van der Waals surface area contributed by atoms with Crippen LogP contribution in [0.2, 0.25) is 0 Å². The minimum atomic E-state index is -0.594. The Morgan fingerprint density at radius 1 is 1.30 bits per heavy atom. The largest absolute Gasteiger partial charge is 0.443 e. The van der Waals surface area contributed by atoms with Crippen LogP contribution in [0, 0.1) is 6.92 Å². The van der Waals surface area contributed by atoms with Crippen molar-refractivity contribution in [3.05, 3.63) is 5.69 Å². The summed E-state index contributed by atoms with van der Waals surface area (Å²) in [7, 11) is 1.79. The van der Waals surface area contributed by atoms with Gasteiger partial charge in [-0.3, -0.25) is 19.3 Å². The normalized spacial score (nSPS) is 17.1. The molecule has 1 aromatic heterocycles. The first-order chi connectivity index (χ1) is 12.6. The minimum Gasteiger partial charge on any atom is -0.443 e. The molecule has 0 fully saturated rings. The number of nitrogens with zero attached hydrogens (tertiary/aromatic N) is 4. The Balaban J connectivity index is 2.31. The van der Waals surface area contributed by atoms with Gasteiger partial charge in [-0.2, -0.15) is 5.10 Å². The van der Waals surface area contributed by atoms with E-state index in [2.05, 4.69) is 5.10 Å². The average molecular weight is 380 g/mol. The molecular formula is C19H32N4O4. The Morgan fingerprint density at radius 3 is 2.56 bits per heavy atom. The van der Waals surface area contributed by atoms with E-state index >= 15 is 0 Å². The van der Waals surface area contributed by atoms with Gasteiger partial charge in [0.1, 0.15) is 11.3 Å². The van der Waals surface area contributed by atoms with E-state index in [9.17, 15) is 9.59 Å². The topological polar surface area (TPSA) is 76.9 Å². The second kappa shape index (κ2) is 8.29. The number of ether oxygens (including phenoxy) is 2. The number of carbonyl (C=O) groups excluding carboxylic acids is 2. The predicted molar refractivity (Wildman–Crippen MR) is 104 cm³/mol. The fourth-order valence-electron chi connectivity index (χ4n) is 3.30. The lowest BCUT2D eigenvalue weighted by atomic mass is 10.1. The van der Waals surface area contributed by atoms with Crippen molar-refractivity contribution in [1.29, 1.82) is 0 Å². The Labute approximate surface area is 161 Å². The summed E-state index contributed by atoms with van der Waals surface area (Å²) in [4.78, 5) is 29.0. The molecule has 2 rings (SSSR count). The van der Waals surface area contributed by atoms with Gasteiger partial charge in [-0.15, -0.1) is 0 Å². The molecule has 8 nitrogen and oxygen atoms in total. The number of fused-ring (bicyclic) bond motifs is 1. The maximum absolute atomic E-state index is 12.9. The summed E-state index contributed by atoms with van der Waals surface area (Å²) in [5.41, 5.74) is 0.739. The van der Waals surface area contributed by atoms with E-state index < -0.39 is 11.7 Å². The second-order valence-electron chi connectivity index (χ2n) is 7.89. The fourth-order valence-corrected chi connectivity index (χ4v) is 3.30. The van der Waals surface area contributed by atoms with Crippen molar-refractivity contribution >= 4 is 23.5 Å². The average Bonchev–Trinajstić information content (AvgIpc) is 2.84. The van der Waals surface area contributed by atoms with Crippen LogP contribution in [0.1, 0.15) is 53.2 Å². The van der Waals surface area contributed by atoms with Crippen molar-refractivity contribution in [3.8, 4) is 0 Å². The summed E-state index contributed by atoms with van der Waals surface area (Å²) in [6, 6.07) is -0.181. The van der Waals surface area contributed by atoms with Crippen LogP contribution in [-0.4, -0.2) is 53.2 Å². The van der Waals surface area contributed by atoms with Crippen LogP contribution in [0.15, 0.2) is 0 Å². The Kier molecular flexibility index (Phi) is 6.51. The molecule has 1 atom stereocenters. The van der Waals surface area contributed by atoms with E-state index in [4.69, 9.17) is 9.47 Å². The van der Waals surface area contributed by atoms with Crippen molar-refractivity contribution in [1.82, 2.24) is 9.78 Å². The summed E-state index contributed by atoms with van der Waals surface area (Å²) in [6.45, 7) is 12.8. The van der Waals surface area contributed by atoms with Gasteiger partial charge in [-0.25, -0.2) is 4.79 Å². The maximum Gasteiger partial charge on any atom is 0.415 e. The highest BCUT2D eigenvalue weighted by molar-refractivity contribution is 6.02. The van der Waals surface area contributed by atoms with Crippen LogP contribution in [0.5, 0.6) is 0 Å². The summed E-state index contributed by atoms with van der Waals surface area (Å²) in [5, 5.41) is 4.45. The van der Waals surface area contributed by atoms with E-state index in [1.54, 1.807) is 21.5 Å². The lowest BCUT2D eigenvalue weighted by Crippen LogP contribution is -2.53. The molecule has 152 valence electrons. The Bertz CT molecular complexity index is 693. The van der Waals surface area contributed by atoms with Crippen LogP contribution in [0.3, 0.4) is 0 Å². The maximum atomic E-state index is 12.9. The first kappa shape index (κ1) is 21.2. The number of hydrogen-bond donors (Lipinski definition) is 0. The third kappa shape index (κ3) is 4.80. The lowest BCUT2D eigenvalue weighted by Gasteiger charge is -2.40. The number of aryl methyl sites for hydroxylation is 2. The Morgan fingerprint density at radius 2 is 1.96 bits per heavy atom. The molecule has 2 amide bonds. The van der Waals surface area contributed by atoms with Crippen LogP contribution in [-0.2, 0) is 21.3 Å².